The molecule has 0 bridgehead atoms. The fourth-order valence-electron chi connectivity index (χ4n) is 5.77. The van der Waals surface area contributed by atoms with Crippen molar-refractivity contribution in [2.45, 2.75) is 205 Å². The zero-order chi connectivity index (χ0) is 34.5. The summed E-state index contributed by atoms with van der Waals surface area (Å²) in [7, 11) is 0. The lowest BCUT2D eigenvalue weighted by atomic mass is 10.0. The van der Waals surface area contributed by atoms with E-state index in [1.165, 1.54) is 116 Å². The van der Waals surface area contributed by atoms with Crippen molar-refractivity contribution in [2.75, 3.05) is 6.61 Å². The monoisotopic (exact) mass is 660 g/mol. The molecule has 0 aromatic carbocycles. The predicted octanol–water partition coefficient (Wildman–Crippen LogP) is 11.0. The zero-order valence-corrected chi connectivity index (χ0v) is 30.9. The summed E-state index contributed by atoms with van der Waals surface area (Å²) in [6.45, 7) is 4.04. The van der Waals surface area contributed by atoms with E-state index in [1.807, 2.05) is 6.08 Å². The van der Waals surface area contributed by atoms with Gasteiger partial charge in [0.15, 0.2) is 0 Å². The Morgan fingerprint density at radius 3 is 1.53 bits per heavy atom. The first-order chi connectivity index (χ1) is 23.1. The average Bonchev–Trinajstić information content (AvgIpc) is 3.07. The van der Waals surface area contributed by atoms with Gasteiger partial charge in [-0.3, -0.25) is 4.79 Å². The maximum Gasteiger partial charge on any atom is 0.249 e. The molecule has 1 amide bonds. The molecule has 0 heterocycles. The minimum Gasteiger partial charge on any atom is -0.394 e. The van der Waals surface area contributed by atoms with Crippen LogP contribution in [0.3, 0.4) is 0 Å². The Labute approximate surface area is 291 Å². The number of hydrogen-bond acceptors (Lipinski definition) is 4. The second-order valence-corrected chi connectivity index (χ2v) is 13.5. The van der Waals surface area contributed by atoms with E-state index in [9.17, 15) is 20.1 Å². The van der Waals surface area contributed by atoms with Crippen molar-refractivity contribution in [1.29, 1.82) is 0 Å². The Bertz CT molecular complexity index is 775. The lowest BCUT2D eigenvalue weighted by molar-refractivity contribution is -0.131. The van der Waals surface area contributed by atoms with E-state index in [4.69, 9.17) is 0 Å². The van der Waals surface area contributed by atoms with Crippen molar-refractivity contribution in [2.24, 2.45) is 0 Å². The van der Waals surface area contributed by atoms with Crippen LogP contribution in [0.2, 0.25) is 0 Å². The van der Waals surface area contributed by atoms with Crippen LogP contribution in [0.1, 0.15) is 187 Å². The van der Waals surface area contributed by atoms with Crippen LogP contribution in [-0.2, 0) is 4.79 Å². The molecular formula is C42H77NO4. The number of amides is 1. The minimum atomic E-state index is -1.11. The second kappa shape index (κ2) is 37.1. The molecule has 0 saturated carbocycles. The quantitative estimate of drug-likeness (QED) is 0.0402. The number of rotatable bonds is 35. The molecular weight excluding hydrogens is 582 g/mol. The van der Waals surface area contributed by atoms with Crippen LogP contribution in [0, 0.1) is 0 Å². The molecule has 0 fully saturated rings. The lowest BCUT2D eigenvalue weighted by Crippen LogP contribution is -2.48. The molecule has 0 spiro atoms. The number of hydrogen-bond donors (Lipinski definition) is 4. The van der Waals surface area contributed by atoms with Gasteiger partial charge in [0.2, 0.25) is 5.91 Å². The molecule has 5 nitrogen and oxygen atoms in total. The lowest BCUT2D eigenvalue weighted by Gasteiger charge is -2.21. The molecule has 0 aromatic heterocycles. The predicted molar refractivity (Wildman–Crippen MR) is 204 cm³/mol. The Morgan fingerprint density at radius 2 is 1.00 bits per heavy atom. The molecule has 0 aliphatic heterocycles. The third-order valence-electron chi connectivity index (χ3n) is 8.90. The van der Waals surface area contributed by atoms with Crippen molar-refractivity contribution < 1.29 is 20.1 Å². The molecule has 0 rings (SSSR count). The first kappa shape index (κ1) is 45.3. The molecule has 274 valence electrons. The summed E-state index contributed by atoms with van der Waals surface area (Å²) in [5.74, 6) is -0.517. The van der Waals surface area contributed by atoms with Crippen LogP contribution >= 0.6 is 0 Å². The van der Waals surface area contributed by atoms with E-state index < -0.39 is 24.2 Å². The smallest absolute Gasteiger partial charge is 0.249 e. The molecule has 0 aromatic rings. The highest BCUT2D eigenvalue weighted by atomic mass is 16.3. The van der Waals surface area contributed by atoms with E-state index in [2.05, 4.69) is 55.6 Å². The Morgan fingerprint density at radius 1 is 0.553 bits per heavy atom. The van der Waals surface area contributed by atoms with Gasteiger partial charge in [0.05, 0.1) is 18.8 Å². The van der Waals surface area contributed by atoms with Crippen LogP contribution in [0.15, 0.2) is 48.6 Å². The standard InChI is InChI=1S/C42H77NO4/c1-3-5-7-9-11-13-15-17-18-19-20-21-22-23-25-27-29-31-33-35-37-41(46)42(47)43-39(38-44)40(45)36-34-32-30-28-26-24-16-14-12-10-8-6-4-2/h5,7,11,13,26,28,34,36,39-41,44-46H,3-4,6,8-10,12,14-25,27,29-33,35,37-38H2,1-2H3,(H,43,47)/b7-5-,13-11-,28-26+,36-34+. The SMILES string of the molecule is CC/C=C\C/C=C\CCCCCCCCCCCCCCCC(O)C(=O)NC(CO)C(O)/C=C/CC/C=C/CCCCCCCCC. The Hall–Kier alpha value is -1.69. The fourth-order valence-corrected chi connectivity index (χ4v) is 5.77. The van der Waals surface area contributed by atoms with Gasteiger partial charge in [0.25, 0.3) is 0 Å². The molecule has 0 aliphatic carbocycles. The summed E-state index contributed by atoms with van der Waals surface area (Å²) >= 11 is 0. The highest BCUT2D eigenvalue weighted by molar-refractivity contribution is 5.80. The third-order valence-corrected chi connectivity index (χ3v) is 8.90. The second-order valence-electron chi connectivity index (χ2n) is 13.5. The first-order valence-electron chi connectivity index (χ1n) is 20.0. The van der Waals surface area contributed by atoms with Crippen LogP contribution in [0.5, 0.6) is 0 Å². The summed E-state index contributed by atoms with van der Waals surface area (Å²) in [4.78, 5) is 12.4. The molecule has 47 heavy (non-hydrogen) atoms. The van der Waals surface area contributed by atoms with Crippen molar-refractivity contribution in [3.63, 3.8) is 0 Å². The first-order valence-corrected chi connectivity index (χ1v) is 20.0. The van der Waals surface area contributed by atoms with Crippen LogP contribution in [0.25, 0.3) is 0 Å². The Balaban J connectivity index is 3.72. The van der Waals surface area contributed by atoms with E-state index in [-0.39, 0.29) is 6.61 Å². The summed E-state index contributed by atoms with van der Waals surface area (Å²) in [5, 5.41) is 33.0. The number of carbonyl (C=O) groups is 1. The number of aliphatic hydroxyl groups excluding tert-OH is 3. The molecule has 0 radical (unpaired) electrons. The van der Waals surface area contributed by atoms with Crippen molar-refractivity contribution >= 4 is 5.91 Å². The topological polar surface area (TPSA) is 89.8 Å². The number of allylic oxidation sites excluding steroid dienone is 7. The summed E-state index contributed by atoms with van der Waals surface area (Å²) in [6.07, 6.45) is 47.1. The van der Waals surface area contributed by atoms with Gasteiger partial charge >= 0.3 is 0 Å². The number of nitrogens with one attached hydrogen (secondary N) is 1. The molecule has 4 N–H and O–H groups in total. The normalized spacial score (nSPS) is 14.2. The van der Waals surface area contributed by atoms with Gasteiger partial charge in [0, 0.05) is 0 Å². The van der Waals surface area contributed by atoms with Gasteiger partial charge in [-0.15, -0.1) is 0 Å². The van der Waals surface area contributed by atoms with Gasteiger partial charge < -0.3 is 20.6 Å². The molecule has 3 unspecified atom stereocenters. The summed E-state index contributed by atoms with van der Waals surface area (Å²) in [5.41, 5.74) is 0. The maximum atomic E-state index is 12.4. The van der Waals surface area contributed by atoms with Gasteiger partial charge in [-0.25, -0.2) is 0 Å². The molecule has 5 heteroatoms. The van der Waals surface area contributed by atoms with E-state index in [0.717, 1.165) is 51.4 Å². The largest absolute Gasteiger partial charge is 0.394 e. The van der Waals surface area contributed by atoms with Gasteiger partial charge in [-0.1, -0.05) is 178 Å². The summed E-state index contributed by atoms with van der Waals surface area (Å²) < 4.78 is 0. The minimum absolute atomic E-state index is 0.377. The number of unbranched alkanes of at least 4 members (excludes halogenated alkanes) is 21. The molecule has 0 aliphatic rings. The Kier molecular flexibility index (Phi) is 35.8. The van der Waals surface area contributed by atoms with Crippen molar-refractivity contribution in [1.82, 2.24) is 5.32 Å². The molecule has 3 atom stereocenters. The zero-order valence-electron chi connectivity index (χ0n) is 30.9. The number of carbonyl (C=O) groups excluding carboxylic acids is 1. The van der Waals surface area contributed by atoms with Crippen LogP contribution < -0.4 is 5.32 Å². The number of aliphatic hydroxyl groups is 3. The van der Waals surface area contributed by atoms with Gasteiger partial charge in [-0.05, 0) is 57.8 Å². The van der Waals surface area contributed by atoms with Crippen LogP contribution in [-0.4, -0.2) is 46.1 Å². The van der Waals surface area contributed by atoms with Gasteiger partial charge in [-0.2, -0.15) is 0 Å². The average molecular weight is 660 g/mol. The fraction of sp³-hybridized carbons (Fsp3) is 0.786. The van der Waals surface area contributed by atoms with Crippen LogP contribution in [0.4, 0.5) is 0 Å². The third kappa shape index (κ3) is 32.6. The van der Waals surface area contributed by atoms with Crippen molar-refractivity contribution in [3.8, 4) is 0 Å². The highest BCUT2D eigenvalue weighted by Gasteiger charge is 2.22. The summed E-state index contributed by atoms with van der Waals surface area (Å²) in [6, 6.07) is -0.813. The maximum absolute atomic E-state index is 12.4. The van der Waals surface area contributed by atoms with E-state index in [0.29, 0.717) is 6.42 Å². The van der Waals surface area contributed by atoms with E-state index in [1.54, 1.807) is 6.08 Å². The van der Waals surface area contributed by atoms with Crippen molar-refractivity contribution in [3.05, 3.63) is 48.6 Å². The van der Waals surface area contributed by atoms with E-state index >= 15 is 0 Å². The van der Waals surface area contributed by atoms with Gasteiger partial charge in [0.1, 0.15) is 6.10 Å². The molecule has 0 saturated heterocycles. The highest BCUT2D eigenvalue weighted by Crippen LogP contribution is 2.14.